The van der Waals surface area contributed by atoms with Gasteiger partial charge in [0, 0.05) is 12.6 Å². The maximum absolute atomic E-state index is 9.25. The molecule has 1 aromatic rings. The maximum atomic E-state index is 9.25. The van der Waals surface area contributed by atoms with Crippen LogP contribution in [0.3, 0.4) is 0 Å². The van der Waals surface area contributed by atoms with Gasteiger partial charge in [-0.1, -0.05) is 23.2 Å². The first-order valence-electron chi connectivity index (χ1n) is 3.69. The van der Waals surface area contributed by atoms with Gasteiger partial charge < -0.3 is 16.6 Å². The summed E-state index contributed by atoms with van der Waals surface area (Å²) in [5, 5.41) is 9.62. The average molecular weight is 258 g/mol. The molecular weight excluding hydrogens is 246 g/mol. The third kappa shape index (κ3) is 2.90. The lowest BCUT2D eigenvalue weighted by Crippen LogP contribution is -2.20. The van der Waals surface area contributed by atoms with E-state index in [-0.39, 0.29) is 34.2 Å². The number of rotatable bonds is 2. The summed E-state index contributed by atoms with van der Waals surface area (Å²) in [5.41, 5.74) is 11.7. The van der Waals surface area contributed by atoms with Gasteiger partial charge >= 0.3 is 0 Å². The average Bonchev–Trinajstić information content (AvgIpc) is 2.12. The summed E-state index contributed by atoms with van der Waals surface area (Å²) in [6.07, 6.45) is 0. The van der Waals surface area contributed by atoms with Crippen LogP contribution in [0.25, 0.3) is 0 Å². The van der Waals surface area contributed by atoms with E-state index in [1.165, 1.54) is 0 Å². The second-order valence-electron chi connectivity index (χ2n) is 2.68. The van der Waals surface area contributed by atoms with Gasteiger partial charge in [0.05, 0.1) is 10.0 Å². The Balaban J connectivity index is 0.00000169. The molecule has 0 amide bonds. The fourth-order valence-corrected chi connectivity index (χ4v) is 1.44. The lowest BCUT2D eigenvalue weighted by atomic mass is 10.1. The monoisotopic (exact) mass is 256 g/mol. The topological polar surface area (TPSA) is 72.3 Å². The highest BCUT2D eigenvalue weighted by Crippen LogP contribution is 2.33. The van der Waals surface area contributed by atoms with Gasteiger partial charge in [-0.25, -0.2) is 0 Å². The molecule has 0 aliphatic carbocycles. The molecule has 0 fully saturated rings. The SMILES string of the molecule is Cl.NC[C@@H](N)c1cc(Cl)c(O)c(Cl)c1. The lowest BCUT2D eigenvalue weighted by Gasteiger charge is -2.10. The Morgan fingerprint density at radius 1 is 1.29 bits per heavy atom. The molecule has 1 rings (SSSR count). The third-order valence-corrected chi connectivity index (χ3v) is 2.30. The number of nitrogens with two attached hydrogens (primary N) is 2. The quantitative estimate of drug-likeness (QED) is 0.759. The van der Waals surface area contributed by atoms with Crippen molar-refractivity contribution in [3.63, 3.8) is 0 Å². The van der Waals surface area contributed by atoms with Crippen LogP contribution >= 0.6 is 35.6 Å². The van der Waals surface area contributed by atoms with Gasteiger partial charge in [0.1, 0.15) is 0 Å². The number of hydrogen-bond acceptors (Lipinski definition) is 3. The molecule has 0 spiro atoms. The van der Waals surface area contributed by atoms with Crippen molar-refractivity contribution in [2.45, 2.75) is 6.04 Å². The summed E-state index contributed by atoms with van der Waals surface area (Å²) >= 11 is 11.4. The van der Waals surface area contributed by atoms with Crippen molar-refractivity contribution in [2.75, 3.05) is 6.54 Å². The molecular formula is C8H11Cl3N2O. The van der Waals surface area contributed by atoms with Gasteiger partial charge in [-0.05, 0) is 17.7 Å². The molecule has 0 aliphatic heterocycles. The molecule has 6 heteroatoms. The zero-order valence-electron chi connectivity index (χ0n) is 7.21. The molecule has 3 nitrogen and oxygen atoms in total. The van der Waals surface area contributed by atoms with E-state index in [1.807, 2.05) is 0 Å². The molecule has 80 valence electrons. The molecule has 0 bridgehead atoms. The van der Waals surface area contributed by atoms with E-state index >= 15 is 0 Å². The Morgan fingerprint density at radius 2 is 1.71 bits per heavy atom. The van der Waals surface area contributed by atoms with Crippen molar-refractivity contribution in [1.82, 2.24) is 0 Å². The van der Waals surface area contributed by atoms with Crippen molar-refractivity contribution in [2.24, 2.45) is 11.5 Å². The minimum absolute atomic E-state index is 0. The number of phenols is 1. The smallest absolute Gasteiger partial charge is 0.152 e. The molecule has 14 heavy (non-hydrogen) atoms. The second-order valence-corrected chi connectivity index (χ2v) is 3.49. The number of benzene rings is 1. The number of halogens is 3. The van der Waals surface area contributed by atoms with E-state index in [1.54, 1.807) is 12.1 Å². The van der Waals surface area contributed by atoms with Gasteiger partial charge in [-0.15, -0.1) is 12.4 Å². The van der Waals surface area contributed by atoms with Crippen LogP contribution < -0.4 is 11.5 Å². The fraction of sp³-hybridized carbons (Fsp3) is 0.250. The summed E-state index contributed by atoms with van der Waals surface area (Å²) in [4.78, 5) is 0. The van der Waals surface area contributed by atoms with Gasteiger partial charge in [0.15, 0.2) is 5.75 Å². The summed E-state index contributed by atoms with van der Waals surface area (Å²) < 4.78 is 0. The fourth-order valence-electron chi connectivity index (χ4n) is 0.935. The highest BCUT2D eigenvalue weighted by Gasteiger charge is 2.10. The molecule has 5 N–H and O–H groups in total. The van der Waals surface area contributed by atoms with Crippen LogP contribution in [0.2, 0.25) is 10.0 Å². The van der Waals surface area contributed by atoms with Crippen LogP contribution in [0.5, 0.6) is 5.75 Å². The summed E-state index contributed by atoms with van der Waals surface area (Å²) in [7, 11) is 0. The molecule has 0 saturated heterocycles. The predicted octanol–water partition coefficient (Wildman–Crippen LogP) is 2.08. The van der Waals surface area contributed by atoms with E-state index in [0.29, 0.717) is 6.54 Å². The highest BCUT2D eigenvalue weighted by atomic mass is 35.5. The first-order valence-corrected chi connectivity index (χ1v) is 4.45. The molecule has 0 aliphatic rings. The normalized spacial score (nSPS) is 12.0. The molecule has 0 heterocycles. The Labute approximate surface area is 98.4 Å². The molecule has 1 atom stereocenters. The predicted molar refractivity (Wildman–Crippen MR) is 61.4 cm³/mol. The van der Waals surface area contributed by atoms with Crippen molar-refractivity contribution in [3.8, 4) is 5.75 Å². The standard InChI is InChI=1S/C8H10Cl2N2O.ClH/c9-5-1-4(7(12)3-11)2-6(10)8(5)13;/h1-2,7,13H,3,11-12H2;1H/t7-;/m1./s1. The van der Waals surface area contributed by atoms with Crippen LogP contribution in [0, 0.1) is 0 Å². The van der Waals surface area contributed by atoms with Crippen LogP contribution in [0.15, 0.2) is 12.1 Å². The maximum Gasteiger partial charge on any atom is 0.152 e. The van der Waals surface area contributed by atoms with Gasteiger partial charge in [-0.2, -0.15) is 0 Å². The van der Waals surface area contributed by atoms with E-state index in [2.05, 4.69) is 0 Å². The summed E-state index contributed by atoms with van der Waals surface area (Å²) in [6, 6.07) is 2.80. The van der Waals surface area contributed by atoms with Crippen molar-refractivity contribution >= 4 is 35.6 Å². The second kappa shape index (κ2) is 5.63. The van der Waals surface area contributed by atoms with Gasteiger partial charge in [0.25, 0.3) is 0 Å². The van der Waals surface area contributed by atoms with Crippen molar-refractivity contribution in [3.05, 3.63) is 27.7 Å². The third-order valence-electron chi connectivity index (χ3n) is 1.72. The highest BCUT2D eigenvalue weighted by molar-refractivity contribution is 6.37. The molecule has 1 aromatic carbocycles. The van der Waals surface area contributed by atoms with E-state index in [9.17, 15) is 5.11 Å². The molecule has 0 aromatic heterocycles. The largest absolute Gasteiger partial charge is 0.505 e. The first-order chi connectivity index (χ1) is 6.06. The van der Waals surface area contributed by atoms with Crippen molar-refractivity contribution in [1.29, 1.82) is 0 Å². The molecule has 0 unspecified atom stereocenters. The molecule has 0 saturated carbocycles. The number of phenolic OH excluding ortho intramolecular Hbond substituents is 1. The minimum atomic E-state index is -0.310. The van der Waals surface area contributed by atoms with Gasteiger partial charge in [0.2, 0.25) is 0 Å². The Bertz CT molecular complexity index is 296. The lowest BCUT2D eigenvalue weighted by molar-refractivity contribution is 0.475. The van der Waals surface area contributed by atoms with Crippen LogP contribution in [0.1, 0.15) is 11.6 Å². The summed E-state index contributed by atoms with van der Waals surface area (Å²) in [5.74, 6) is -0.128. The first kappa shape index (κ1) is 13.8. The minimum Gasteiger partial charge on any atom is -0.505 e. The van der Waals surface area contributed by atoms with Crippen LogP contribution in [-0.2, 0) is 0 Å². The Kier molecular flexibility index (Phi) is 5.56. The van der Waals surface area contributed by atoms with Crippen LogP contribution in [-0.4, -0.2) is 11.7 Å². The van der Waals surface area contributed by atoms with Gasteiger partial charge in [-0.3, -0.25) is 0 Å². The van der Waals surface area contributed by atoms with E-state index in [0.717, 1.165) is 5.56 Å². The number of aromatic hydroxyl groups is 1. The molecule has 0 radical (unpaired) electrons. The number of hydrogen-bond donors (Lipinski definition) is 3. The Hall–Kier alpha value is -0.190. The van der Waals surface area contributed by atoms with E-state index < -0.39 is 0 Å². The van der Waals surface area contributed by atoms with Crippen LogP contribution in [0.4, 0.5) is 0 Å². The zero-order valence-corrected chi connectivity index (χ0v) is 9.53. The summed E-state index contributed by atoms with van der Waals surface area (Å²) in [6.45, 7) is 0.303. The van der Waals surface area contributed by atoms with E-state index in [4.69, 9.17) is 34.7 Å². The Morgan fingerprint density at radius 3 is 2.07 bits per heavy atom. The van der Waals surface area contributed by atoms with Crippen molar-refractivity contribution < 1.29 is 5.11 Å². The zero-order chi connectivity index (χ0) is 10.0.